The second-order valence-corrected chi connectivity index (χ2v) is 10.6. The van der Waals surface area contributed by atoms with E-state index in [1.54, 1.807) is 6.92 Å². The van der Waals surface area contributed by atoms with Crippen LogP contribution >= 0.6 is 11.3 Å². The number of esters is 1. The fourth-order valence-corrected chi connectivity index (χ4v) is 6.31. The molecule has 7 heteroatoms. The van der Waals surface area contributed by atoms with E-state index in [4.69, 9.17) is 4.74 Å². The van der Waals surface area contributed by atoms with Gasteiger partial charge in [0.05, 0.1) is 24.0 Å². The number of carboxylic acids is 1. The Morgan fingerprint density at radius 3 is 2.42 bits per heavy atom. The van der Waals surface area contributed by atoms with Gasteiger partial charge in [0.25, 0.3) is 0 Å². The quantitative estimate of drug-likeness (QED) is 0.551. The molecule has 0 aromatic carbocycles. The first-order valence-corrected chi connectivity index (χ1v) is 12.4. The van der Waals surface area contributed by atoms with E-state index in [0.29, 0.717) is 29.3 Å². The lowest BCUT2D eigenvalue weighted by Crippen LogP contribution is -2.36. The summed E-state index contributed by atoms with van der Waals surface area (Å²) in [4.78, 5) is 38.7. The summed E-state index contributed by atoms with van der Waals surface area (Å²) >= 11 is 1.47. The summed E-state index contributed by atoms with van der Waals surface area (Å²) in [6.07, 6.45) is 6.55. The van der Waals surface area contributed by atoms with Gasteiger partial charge in [-0.25, -0.2) is 4.79 Å². The second kappa shape index (κ2) is 9.72. The highest BCUT2D eigenvalue weighted by molar-refractivity contribution is 7.17. The Balaban J connectivity index is 1.90. The molecule has 1 amide bonds. The Labute approximate surface area is 188 Å². The molecule has 0 aliphatic heterocycles. The standard InChI is InChI=1S/C24H35NO5S/c1-5-24(3,4)14-11-12-17-18(13-14)31-21(19(17)23(29)30-6-2)25-20(26)15-9-7-8-10-16(15)22(27)28/h14-16H,5-13H2,1-4H3,(H,25,26)(H,27,28)/t14-,15+,16+/m0/s1. The molecule has 3 atom stereocenters. The Bertz CT molecular complexity index is 843. The zero-order valence-electron chi connectivity index (χ0n) is 19.1. The molecular weight excluding hydrogens is 414 g/mol. The largest absolute Gasteiger partial charge is 0.481 e. The van der Waals surface area contributed by atoms with Crippen molar-refractivity contribution in [2.75, 3.05) is 11.9 Å². The van der Waals surface area contributed by atoms with Crippen LogP contribution in [0.2, 0.25) is 0 Å². The lowest BCUT2D eigenvalue weighted by atomic mass is 9.69. The predicted octanol–water partition coefficient (Wildman–Crippen LogP) is 5.30. The third-order valence-corrected chi connectivity index (χ3v) is 8.59. The van der Waals surface area contributed by atoms with E-state index in [-0.39, 0.29) is 17.9 Å². The average Bonchev–Trinajstić information content (AvgIpc) is 3.10. The van der Waals surface area contributed by atoms with E-state index in [1.165, 1.54) is 11.3 Å². The van der Waals surface area contributed by atoms with Crippen LogP contribution in [0.5, 0.6) is 0 Å². The van der Waals surface area contributed by atoms with Gasteiger partial charge in [-0.2, -0.15) is 0 Å². The number of amides is 1. The van der Waals surface area contributed by atoms with E-state index in [9.17, 15) is 19.5 Å². The van der Waals surface area contributed by atoms with Gasteiger partial charge in [-0.1, -0.05) is 40.0 Å². The molecule has 1 aromatic heterocycles. The Hall–Kier alpha value is -1.89. The number of carboxylic acid groups (broad SMARTS) is 1. The predicted molar refractivity (Wildman–Crippen MR) is 122 cm³/mol. The minimum Gasteiger partial charge on any atom is -0.481 e. The van der Waals surface area contributed by atoms with Gasteiger partial charge < -0.3 is 15.2 Å². The number of hydrogen-bond acceptors (Lipinski definition) is 5. The van der Waals surface area contributed by atoms with Gasteiger partial charge in [-0.05, 0) is 55.9 Å². The molecule has 1 saturated carbocycles. The maximum absolute atomic E-state index is 13.1. The number of hydrogen-bond donors (Lipinski definition) is 2. The molecule has 2 N–H and O–H groups in total. The minimum atomic E-state index is -0.916. The first-order chi connectivity index (χ1) is 14.7. The summed E-state index contributed by atoms with van der Waals surface area (Å²) < 4.78 is 5.32. The van der Waals surface area contributed by atoms with Crippen LogP contribution in [0.25, 0.3) is 0 Å². The van der Waals surface area contributed by atoms with Crippen molar-refractivity contribution in [3.63, 3.8) is 0 Å². The Kier molecular flexibility index (Phi) is 7.45. The van der Waals surface area contributed by atoms with Crippen LogP contribution in [0.4, 0.5) is 5.00 Å². The summed E-state index contributed by atoms with van der Waals surface area (Å²) in [5.74, 6) is -2.31. The van der Waals surface area contributed by atoms with Crippen molar-refractivity contribution in [2.45, 2.75) is 79.1 Å². The van der Waals surface area contributed by atoms with Crippen LogP contribution in [0.15, 0.2) is 0 Å². The van der Waals surface area contributed by atoms with Gasteiger partial charge in [0, 0.05) is 4.88 Å². The molecule has 0 bridgehead atoms. The monoisotopic (exact) mass is 449 g/mol. The van der Waals surface area contributed by atoms with Gasteiger partial charge in [0.2, 0.25) is 5.91 Å². The highest BCUT2D eigenvalue weighted by atomic mass is 32.1. The number of carbonyl (C=O) groups is 3. The number of anilines is 1. The van der Waals surface area contributed by atoms with E-state index in [2.05, 4.69) is 26.1 Å². The van der Waals surface area contributed by atoms with Crippen molar-refractivity contribution in [3.05, 3.63) is 16.0 Å². The van der Waals surface area contributed by atoms with Crippen molar-refractivity contribution in [2.24, 2.45) is 23.2 Å². The van der Waals surface area contributed by atoms with Crippen molar-refractivity contribution in [1.82, 2.24) is 0 Å². The average molecular weight is 450 g/mol. The summed E-state index contributed by atoms with van der Waals surface area (Å²) in [6.45, 7) is 8.84. The van der Waals surface area contributed by atoms with Crippen LogP contribution < -0.4 is 5.32 Å². The zero-order valence-corrected chi connectivity index (χ0v) is 19.9. The van der Waals surface area contributed by atoms with Crippen LogP contribution in [-0.4, -0.2) is 29.6 Å². The normalized spacial score (nSPS) is 23.7. The van der Waals surface area contributed by atoms with E-state index in [0.717, 1.165) is 49.0 Å². The SMILES string of the molecule is CCOC(=O)c1c(NC(=O)[C@@H]2CCCC[C@H]2C(=O)O)sc2c1CC[C@H](C(C)(C)CC)C2. The first kappa shape index (κ1) is 23.8. The molecule has 1 heterocycles. The van der Waals surface area contributed by atoms with Crippen molar-refractivity contribution in [3.8, 4) is 0 Å². The smallest absolute Gasteiger partial charge is 0.341 e. The van der Waals surface area contributed by atoms with Crippen molar-refractivity contribution >= 4 is 34.2 Å². The molecule has 0 unspecified atom stereocenters. The molecule has 31 heavy (non-hydrogen) atoms. The number of thiophene rings is 1. The number of carbonyl (C=O) groups excluding carboxylic acids is 2. The molecule has 3 rings (SSSR count). The minimum absolute atomic E-state index is 0.214. The molecule has 0 radical (unpaired) electrons. The van der Waals surface area contributed by atoms with E-state index >= 15 is 0 Å². The molecule has 0 saturated heterocycles. The Morgan fingerprint density at radius 1 is 1.13 bits per heavy atom. The summed E-state index contributed by atoms with van der Waals surface area (Å²) in [7, 11) is 0. The van der Waals surface area contributed by atoms with Gasteiger partial charge in [0.1, 0.15) is 5.00 Å². The third-order valence-electron chi connectivity index (χ3n) is 7.42. The lowest BCUT2D eigenvalue weighted by Gasteiger charge is -2.36. The third kappa shape index (κ3) is 4.97. The van der Waals surface area contributed by atoms with Crippen molar-refractivity contribution in [1.29, 1.82) is 0 Å². The van der Waals surface area contributed by atoms with Crippen LogP contribution in [-0.2, 0) is 27.2 Å². The number of fused-ring (bicyclic) bond motifs is 1. The fraction of sp³-hybridized carbons (Fsp3) is 0.708. The highest BCUT2D eigenvalue weighted by Crippen LogP contribution is 2.46. The van der Waals surface area contributed by atoms with E-state index < -0.39 is 23.8 Å². The molecular formula is C24H35NO5S. The molecule has 0 spiro atoms. The summed E-state index contributed by atoms with van der Waals surface area (Å²) in [5.41, 5.74) is 1.69. The number of ether oxygens (including phenoxy) is 1. The topological polar surface area (TPSA) is 92.7 Å². The molecule has 172 valence electrons. The summed E-state index contributed by atoms with van der Waals surface area (Å²) in [5, 5.41) is 13.0. The Morgan fingerprint density at radius 2 is 1.81 bits per heavy atom. The maximum atomic E-state index is 13.1. The van der Waals surface area contributed by atoms with Crippen LogP contribution in [0.1, 0.15) is 87.0 Å². The van der Waals surface area contributed by atoms with E-state index in [1.807, 2.05) is 0 Å². The number of rotatable bonds is 7. The molecule has 1 fully saturated rings. The van der Waals surface area contributed by atoms with Gasteiger partial charge >= 0.3 is 11.9 Å². The zero-order chi connectivity index (χ0) is 22.8. The fourth-order valence-electron chi connectivity index (χ4n) is 4.99. The van der Waals surface area contributed by atoms with Gasteiger partial charge in [-0.3, -0.25) is 9.59 Å². The summed E-state index contributed by atoms with van der Waals surface area (Å²) in [6, 6.07) is 0. The number of aliphatic carboxylic acids is 1. The van der Waals surface area contributed by atoms with Crippen LogP contribution in [0.3, 0.4) is 0 Å². The lowest BCUT2D eigenvalue weighted by molar-refractivity contribution is -0.147. The highest BCUT2D eigenvalue weighted by Gasteiger charge is 2.38. The molecule has 6 nitrogen and oxygen atoms in total. The molecule has 1 aromatic rings. The number of nitrogens with one attached hydrogen (secondary N) is 1. The molecule has 2 aliphatic rings. The van der Waals surface area contributed by atoms with Crippen LogP contribution in [0, 0.1) is 23.2 Å². The molecule has 2 aliphatic carbocycles. The van der Waals surface area contributed by atoms with Gasteiger partial charge in [-0.15, -0.1) is 11.3 Å². The first-order valence-electron chi connectivity index (χ1n) is 11.5. The van der Waals surface area contributed by atoms with Crippen molar-refractivity contribution < 1.29 is 24.2 Å². The maximum Gasteiger partial charge on any atom is 0.341 e. The van der Waals surface area contributed by atoms with Gasteiger partial charge in [0.15, 0.2) is 0 Å². The second-order valence-electron chi connectivity index (χ2n) is 9.54.